The van der Waals surface area contributed by atoms with Crippen LogP contribution in [0.4, 0.5) is 0 Å². The van der Waals surface area contributed by atoms with Gasteiger partial charge in [-0.3, -0.25) is 0 Å². The summed E-state index contributed by atoms with van der Waals surface area (Å²) in [6.07, 6.45) is 8.74. The number of rotatable bonds is 0. The average molecular weight is 168 g/mol. The molecular weight excluding hydrogens is 152 g/mol. The van der Waals surface area contributed by atoms with Gasteiger partial charge in [-0.2, -0.15) is 0 Å². The normalized spacial score (nSPS) is 20.0. The van der Waals surface area contributed by atoms with E-state index in [4.69, 9.17) is 0 Å². The number of nitrogens with one attached hydrogen (secondary N) is 4. The number of hydrogen-bond donors (Lipinski definition) is 4. The summed E-state index contributed by atoms with van der Waals surface area (Å²) in [4.78, 5) is 0. The van der Waals surface area contributed by atoms with Crippen LogP contribution in [-0.2, 0) is 0 Å². The highest BCUT2D eigenvalue weighted by atomic mass is 15.3. The molecule has 0 radical (unpaired) electrons. The molecule has 1 fully saturated rings. The number of allylic oxidation sites excluding steroid dienone is 2. The van der Waals surface area contributed by atoms with Crippen LogP contribution in [0.25, 0.3) is 0 Å². The van der Waals surface area contributed by atoms with E-state index in [0.717, 1.165) is 6.67 Å². The molecule has 0 bridgehead atoms. The second-order valence-electron chi connectivity index (χ2n) is 2.54. The van der Waals surface area contributed by atoms with E-state index in [9.17, 15) is 0 Å². The Hall–Kier alpha value is -1.00. The van der Waals surface area contributed by atoms with Crippen LogP contribution >= 0.6 is 0 Å². The molecule has 1 saturated heterocycles. The van der Waals surface area contributed by atoms with Crippen LogP contribution in [0.1, 0.15) is 6.42 Å². The lowest BCUT2D eigenvalue weighted by atomic mass is 10.4. The molecule has 4 N–H and O–H groups in total. The van der Waals surface area contributed by atoms with Crippen LogP contribution in [-0.4, -0.2) is 19.8 Å². The van der Waals surface area contributed by atoms with Gasteiger partial charge in [0.25, 0.3) is 0 Å². The molecule has 0 aliphatic carbocycles. The molecule has 68 valence electrons. The van der Waals surface area contributed by atoms with E-state index in [1.165, 1.54) is 19.5 Å². The molecular formula is C8H16N4. The molecule has 0 spiro atoms. The molecule has 2 rings (SSSR count). The summed E-state index contributed by atoms with van der Waals surface area (Å²) >= 11 is 0. The van der Waals surface area contributed by atoms with Gasteiger partial charge in [0.2, 0.25) is 0 Å². The maximum absolute atomic E-state index is 3.17. The van der Waals surface area contributed by atoms with Crippen LogP contribution in [0, 0.1) is 0 Å². The van der Waals surface area contributed by atoms with Crippen molar-refractivity contribution in [3.63, 3.8) is 0 Å². The molecule has 0 aromatic carbocycles. The van der Waals surface area contributed by atoms with E-state index in [0.29, 0.717) is 0 Å². The van der Waals surface area contributed by atoms with Gasteiger partial charge in [0.15, 0.2) is 0 Å². The van der Waals surface area contributed by atoms with Crippen molar-refractivity contribution in [2.75, 3.05) is 19.8 Å². The van der Waals surface area contributed by atoms with E-state index in [2.05, 4.69) is 21.5 Å². The molecule has 2 heterocycles. The van der Waals surface area contributed by atoms with E-state index in [-0.39, 0.29) is 0 Å². The fourth-order valence-electron chi connectivity index (χ4n) is 0.907. The van der Waals surface area contributed by atoms with Gasteiger partial charge >= 0.3 is 0 Å². The molecule has 0 unspecified atom stereocenters. The minimum atomic E-state index is 1.00. The summed E-state index contributed by atoms with van der Waals surface area (Å²) in [7, 11) is 0. The van der Waals surface area contributed by atoms with Gasteiger partial charge in [-0.05, 0) is 31.7 Å². The quantitative estimate of drug-likeness (QED) is 0.399. The molecule has 2 aliphatic heterocycles. The minimum Gasteiger partial charge on any atom is -0.309 e. The fraction of sp³-hybridized carbons (Fsp3) is 0.500. The van der Waals surface area contributed by atoms with E-state index in [1.807, 2.05) is 24.6 Å². The van der Waals surface area contributed by atoms with Crippen LogP contribution in [0.2, 0.25) is 0 Å². The van der Waals surface area contributed by atoms with Crippen LogP contribution in [0.3, 0.4) is 0 Å². The van der Waals surface area contributed by atoms with Crippen molar-refractivity contribution in [2.24, 2.45) is 0 Å². The summed E-state index contributed by atoms with van der Waals surface area (Å²) in [5, 5.41) is 6.35. The van der Waals surface area contributed by atoms with Crippen molar-refractivity contribution >= 4 is 0 Å². The smallest absolute Gasteiger partial charge is 0.0454 e. The van der Waals surface area contributed by atoms with Crippen molar-refractivity contribution in [2.45, 2.75) is 6.42 Å². The fourth-order valence-corrected chi connectivity index (χ4v) is 0.907. The summed E-state index contributed by atoms with van der Waals surface area (Å²) in [6, 6.07) is 0. The zero-order chi connectivity index (χ0) is 8.49. The Morgan fingerprint density at radius 1 is 0.833 bits per heavy atom. The van der Waals surface area contributed by atoms with Gasteiger partial charge in [0.05, 0.1) is 0 Å². The SMILES string of the molecule is C1=CNNC=C1.C1CNCNC1. The predicted molar refractivity (Wildman–Crippen MR) is 50.0 cm³/mol. The van der Waals surface area contributed by atoms with Crippen molar-refractivity contribution in [1.82, 2.24) is 21.5 Å². The number of hydrazine groups is 1. The summed E-state index contributed by atoms with van der Waals surface area (Å²) in [6.45, 7) is 3.38. The van der Waals surface area contributed by atoms with Gasteiger partial charge in [0, 0.05) is 19.1 Å². The summed E-state index contributed by atoms with van der Waals surface area (Å²) < 4.78 is 0. The summed E-state index contributed by atoms with van der Waals surface area (Å²) in [5.41, 5.74) is 5.53. The highest BCUT2D eigenvalue weighted by Crippen LogP contribution is 1.75. The Morgan fingerprint density at radius 3 is 1.58 bits per heavy atom. The molecule has 0 amide bonds. The molecule has 4 nitrogen and oxygen atoms in total. The summed E-state index contributed by atoms with van der Waals surface area (Å²) in [5.74, 6) is 0. The van der Waals surface area contributed by atoms with Crippen molar-refractivity contribution in [3.05, 3.63) is 24.6 Å². The lowest BCUT2D eigenvalue weighted by Crippen LogP contribution is -2.37. The standard InChI is InChI=1S/C4H10N2.C4H6N2/c1-2-5-4-6-3-1;1-2-4-6-5-3-1/h5-6H,1-4H2;1-6H. The molecule has 4 heteroatoms. The van der Waals surface area contributed by atoms with Crippen molar-refractivity contribution < 1.29 is 0 Å². The Kier molecular flexibility index (Phi) is 5.07. The number of hydrogen-bond acceptors (Lipinski definition) is 4. The Morgan fingerprint density at radius 2 is 1.42 bits per heavy atom. The monoisotopic (exact) mass is 168 g/mol. The van der Waals surface area contributed by atoms with Gasteiger partial charge in [-0.15, -0.1) is 0 Å². The topological polar surface area (TPSA) is 48.1 Å². The first-order valence-corrected chi connectivity index (χ1v) is 4.24. The van der Waals surface area contributed by atoms with E-state index in [1.54, 1.807) is 0 Å². The second kappa shape index (κ2) is 6.69. The van der Waals surface area contributed by atoms with Gasteiger partial charge in [-0.1, -0.05) is 0 Å². The molecule has 0 saturated carbocycles. The molecule has 0 aromatic rings. The predicted octanol–water partition coefficient (Wildman–Crippen LogP) is -0.352. The first-order valence-electron chi connectivity index (χ1n) is 4.24. The zero-order valence-electron chi connectivity index (χ0n) is 7.14. The largest absolute Gasteiger partial charge is 0.309 e. The second-order valence-corrected chi connectivity index (χ2v) is 2.54. The van der Waals surface area contributed by atoms with E-state index >= 15 is 0 Å². The van der Waals surface area contributed by atoms with Gasteiger partial charge < -0.3 is 21.5 Å². The first-order chi connectivity index (χ1) is 6.00. The van der Waals surface area contributed by atoms with Crippen molar-refractivity contribution in [1.29, 1.82) is 0 Å². The average Bonchev–Trinajstić information content (AvgIpc) is 2.24. The van der Waals surface area contributed by atoms with Gasteiger partial charge in [0.1, 0.15) is 0 Å². The van der Waals surface area contributed by atoms with Crippen molar-refractivity contribution in [3.8, 4) is 0 Å². The van der Waals surface area contributed by atoms with Gasteiger partial charge in [-0.25, -0.2) is 0 Å². The third kappa shape index (κ3) is 4.76. The maximum Gasteiger partial charge on any atom is 0.0454 e. The molecule has 0 atom stereocenters. The first kappa shape index (κ1) is 9.09. The Balaban J connectivity index is 0.000000120. The van der Waals surface area contributed by atoms with Crippen LogP contribution in [0.5, 0.6) is 0 Å². The zero-order valence-corrected chi connectivity index (χ0v) is 7.14. The third-order valence-corrected chi connectivity index (χ3v) is 1.51. The molecule has 0 aromatic heterocycles. The highest BCUT2D eigenvalue weighted by molar-refractivity contribution is 5.03. The molecule has 2 aliphatic rings. The lowest BCUT2D eigenvalue weighted by molar-refractivity contribution is 0.496. The highest BCUT2D eigenvalue weighted by Gasteiger charge is 1.91. The lowest BCUT2D eigenvalue weighted by Gasteiger charge is -2.11. The van der Waals surface area contributed by atoms with Crippen LogP contribution in [0.15, 0.2) is 24.6 Å². The third-order valence-electron chi connectivity index (χ3n) is 1.51. The molecule has 12 heavy (non-hydrogen) atoms. The Bertz CT molecular complexity index is 126. The Labute approximate surface area is 73.1 Å². The maximum atomic E-state index is 3.17. The minimum absolute atomic E-state index is 1.00. The van der Waals surface area contributed by atoms with E-state index < -0.39 is 0 Å². The van der Waals surface area contributed by atoms with Crippen LogP contribution < -0.4 is 21.5 Å².